The van der Waals surface area contributed by atoms with Crippen LogP contribution < -0.4 is 5.32 Å². The van der Waals surface area contributed by atoms with E-state index in [2.05, 4.69) is 67.8 Å². The summed E-state index contributed by atoms with van der Waals surface area (Å²) in [6.07, 6.45) is 32.7. The maximum atomic E-state index is 12.9. The molecule has 1 fully saturated rings. The number of carbonyl (C=O) groups excluding carboxylic acids is 1. The highest BCUT2D eigenvalue weighted by atomic mass is 16.7. The van der Waals surface area contributed by atoms with Crippen molar-refractivity contribution in [2.75, 3.05) is 13.2 Å². The quantitative estimate of drug-likeness (QED) is 0.0350. The molecule has 1 saturated heterocycles. The van der Waals surface area contributed by atoms with Gasteiger partial charge >= 0.3 is 0 Å². The van der Waals surface area contributed by atoms with Gasteiger partial charge < -0.3 is 40.3 Å². The number of amides is 1. The maximum absolute atomic E-state index is 12.9. The van der Waals surface area contributed by atoms with Crippen LogP contribution in [-0.2, 0) is 14.3 Å². The van der Waals surface area contributed by atoms with Gasteiger partial charge in [0.2, 0.25) is 5.91 Å². The number of allylic oxidation sites excluding steroid dienone is 9. The molecule has 0 radical (unpaired) electrons. The molecule has 0 aromatic carbocycles. The number of carbonyl (C=O) groups is 1. The highest BCUT2D eigenvalue weighted by Crippen LogP contribution is 2.22. The monoisotopic (exact) mass is 706 g/mol. The van der Waals surface area contributed by atoms with Crippen molar-refractivity contribution in [2.24, 2.45) is 0 Å². The normalized spacial score (nSPS) is 22.9. The zero-order valence-electron chi connectivity index (χ0n) is 31.1. The van der Waals surface area contributed by atoms with E-state index in [-0.39, 0.29) is 12.5 Å². The van der Waals surface area contributed by atoms with Crippen LogP contribution in [0.25, 0.3) is 0 Å². The molecule has 50 heavy (non-hydrogen) atoms. The van der Waals surface area contributed by atoms with Gasteiger partial charge in [-0.15, -0.1) is 0 Å². The number of unbranched alkanes of at least 4 members (excludes halogenated alkanes) is 12. The first-order valence-electron chi connectivity index (χ1n) is 19.5. The fourth-order valence-electron chi connectivity index (χ4n) is 5.63. The standard InChI is InChI=1S/C41H71NO8/c1-3-5-7-9-11-13-15-16-17-18-19-20-21-23-25-27-29-31-37(45)42-34(33-49-41-40(48)39(47)38(46)36(32-43)50-41)35(44)30-28-26-24-22-14-12-10-8-6-4-2/h6,8,11,13-14,16-17,22,28,30,34-36,38-41,43-44,46-48H,3-5,7,9-10,12,15,18-21,23-27,29,31-33H2,1-2H3,(H,42,45)/b8-6+,13-11-,17-16-,22-14+,30-28+. The number of ether oxygens (including phenoxy) is 2. The first-order valence-corrected chi connectivity index (χ1v) is 19.5. The van der Waals surface area contributed by atoms with Crippen molar-refractivity contribution >= 4 is 5.91 Å². The van der Waals surface area contributed by atoms with Crippen LogP contribution in [0.3, 0.4) is 0 Å². The minimum absolute atomic E-state index is 0.206. The Hall–Kier alpha value is -2.11. The van der Waals surface area contributed by atoms with Gasteiger partial charge in [-0.25, -0.2) is 0 Å². The molecule has 0 bridgehead atoms. The Labute approximate surface area is 303 Å². The molecule has 1 heterocycles. The van der Waals surface area contributed by atoms with E-state index in [9.17, 15) is 30.3 Å². The Morgan fingerprint density at radius 2 is 1.26 bits per heavy atom. The molecule has 0 saturated carbocycles. The Kier molecular flexibility index (Phi) is 29.0. The van der Waals surface area contributed by atoms with E-state index in [1.165, 1.54) is 44.9 Å². The van der Waals surface area contributed by atoms with Crippen LogP contribution in [0.5, 0.6) is 0 Å². The summed E-state index contributed by atoms with van der Waals surface area (Å²) in [6.45, 7) is 3.56. The molecule has 1 amide bonds. The predicted octanol–water partition coefficient (Wildman–Crippen LogP) is 6.88. The van der Waals surface area contributed by atoms with Crippen LogP contribution in [0.15, 0.2) is 60.8 Å². The summed E-state index contributed by atoms with van der Waals surface area (Å²) in [5.41, 5.74) is 0. The summed E-state index contributed by atoms with van der Waals surface area (Å²) in [7, 11) is 0. The fraction of sp³-hybridized carbons (Fsp3) is 0.732. The van der Waals surface area contributed by atoms with Gasteiger partial charge in [0.15, 0.2) is 6.29 Å². The first-order chi connectivity index (χ1) is 24.3. The second-order valence-electron chi connectivity index (χ2n) is 13.3. The molecule has 0 aromatic rings. The molecule has 1 aliphatic heterocycles. The van der Waals surface area contributed by atoms with E-state index in [4.69, 9.17) is 9.47 Å². The van der Waals surface area contributed by atoms with E-state index in [0.29, 0.717) is 6.42 Å². The van der Waals surface area contributed by atoms with E-state index < -0.39 is 49.5 Å². The van der Waals surface area contributed by atoms with Gasteiger partial charge in [-0.1, -0.05) is 120 Å². The van der Waals surface area contributed by atoms with Crippen LogP contribution in [0.1, 0.15) is 136 Å². The molecule has 0 aliphatic carbocycles. The van der Waals surface area contributed by atoms with Gasteiger partial charge in [0, 0.05) is 6.42 Å². The Morgan fingerprint density at radius 3 is 1.88 bits per heavy atom. The number of rotatable bonds is 30. The van der Waals surface area contributed by atoms with Crippen molar-refractivity contribution in [1.29, 1.82) is 0 Å². The van der Waals surface area contributed by atoms with Gasteiger partial charge in [0.1, 0.15) is 24.4 Å². The smallest absolute Gasteiger partial charge is 0.220 e. The third kappa shape index (κ3) is 22.7. The fourth-order valence-corrected chi connectivity index (χ4v) is 5.63. The van der Waals surface area contributed by atoms with Gasteiger partial charge in [-0.2, -0.15) is 0 Å². The van der Waals surface area contributed by atoms with E-state index in [1.807, 2.05) is 6.08 Å². The molecule has 9 nitrogen and oxygen atoms in total. The predicted molar refractivity (Wildman–Crippen MR) is 202 cm³/mol. The van der Waals surface area contributed by atoms with Crippen molar-refractivity contribution in [3.63, 3.8) is 0 Å². The van der Waals surface area contributed by atoms with Crippen LogP contribution >= 0.6 is 0 Å². The van der Waals surface area contributed by atoms with Crippen LogP contribution in [-0.4, -0.2) is 87.5 Å². The Morgan fingerprint density at radius 1 is 0.700 bits per heavy atom. The summed E-state index contributed by atoms with van der Waals surface area (Å²) in [5.74, 6) is -0.206. The van der Waals surface area contributed by atoms with E-state index in [0.717, 1.165) is 70.6 Å². The minimum atomic E-state index is -1.58. The SMILES string of the molecule is CC/C=C/CC/C=C/CC/C=C/C(O)C(COC1OC(CO)C(O)C(O)C1O)NC(=O)CCCCCCCCC/C=C\C/C=C\CCCCC. The zero-order chi connectivity index (χ0) is 36.7. The topological polar surface area (TPSA) is 149 Å². The van der Waals surface area contributed by atoms with Crippen LogP contribution in [0.4, 0.5) is 0 Å². The average molecular weight is 706 g/mol. The molecule has 1 rings (SSSR count). The highest BCUT2D eigenvalue weighted by molar-refractivity contribution is 5.76. The number of aliphatic hydroxyl groups excluding tert-OH is 5. The second kappa shape index (κ2) is 31.6. The van der Waals surface area contributed by atoms with E-state index >= 15 is 0 Å². The number of nitrogens with one attached hydrogen (secondary N) is 1. The number of hydrogen-bond acceptors (Lipinski definition) is 8. The third-order valence-electron chi connectivity index (χ3n) is 8.80. The van der Waals surface area contributed by atoms with Crippen molar-refractivity contribution in [1.82, 2.24) is 5.32 Å². The summed E-state index contributed by atoms with van der Waals surface area (Å²) < 4.78 is 11.1. The van der Waals surface area contributed by atoms with Crippen LogP contribution in [0, 0.1) is 0 Å². The van der Waals surface area contributed by atoms with Crippen molar-refractivity contribution < 1.29 is 39.8 Å². The molecular weight excluding hydrogens is 634 g/mol. The number of hydrogen-bond donors (Lipinski definition) is 6. The molecule has 9 heteroatoms. The van der Waals surface area contributed by atoms with Gasteiger partial charge in [0.25, 0.3) is 0 Å². The molecule has 288 valence electrons. The lowest BCUT2D eigenvalue weighted by atomic mass is 9.99. The van der Waals surface area contributed by atoms with Gasteiger partial charge in [0.05, 0.1) is 25.4 Å². The minimum Gasteiger partial charge on any atom is -0.394 e. The van der Waals surface area contributed by atoms with Crippen LogP contribution in [0.2, 0.25) is 0 Å². The van der Waals surface area contributed by atoms with Crippen molar-refractivity contribution in [3.8, 4) is 0 Å². The lowest BCUT2D eigenvalue weighted by molar-refractivity contribution is -0.302. The molecule has 1 aliphatic rings. The molecule has 6 N–H and O–H groups in total. The lowest BCUT2D eigenvalue weighted by Crippen LogP contribution is -2.60. The first kappa shape index (κ1) is 45.9. The van der Waals surface area contributed by atoms with Crippen molar-refractivity contribution in [3.05, 3.63) is 60.8 Å². The summed E-state index contributed by atoms with van der Waals surface area (Å²) in [5, 5.41) is 53.8. The lowest BCUT2D eigenvalue weighted by Gasteiger charge is -2.40. The molecule has 0 spiro atoms. The highest BCUT2D eigenvalue weighted by Gasteiger charge is 2.44. The average Bonchev–Trinajstić information content (AvgIpc) is 3.11. The van der Waals surface area contributed by atoms with Gasteiger partial charge in [-0.05, 0) is 70.6 Å². The molecule has 7 unspecified atom stereocenters. The largest absolute Gasteiger partial charge is 0.394 e. The third-order valence-corrected chi connectivity index (χ3v) is 8.80. The maximum Gasteiger partial charge on any atom is 0.220 e. The zero-order valence-corrected chi connectivity index (χ0v) is 31.1. The van der Waals surface area contributed by atoms with Gasteiger partial charge in [-0.3, -0.25) is 4.79 Å². The van der Waals surface area contributed by atoms with Crippen molar-refractivity contribution in [2.45, 2.75) is 179 Å². The molecule has 0 aromatic heterocycles. The second-order valence-corrected chi connectivity index (χ2v) is 13.3. The summed E-state index contributed by atoms with van der Waals surface area (Å²) in [6, 6.07) is -0.831. The van der Waals surface area contributed by atoms with E-state index in [1.54, 1.807) is 6.08 Å². The summed E-state index contributed by atoms with van der Waals surface area (Å²) >= 11 is 0. The summed E-state index contributed by atoms with van der Waals surface area (Å²) in [4.78, 5) is 12.9. The molecule has 7 atom stereocenters. The molecular formula is C41H71NO8. The Bertz CT molecular complexity index is 962. The Balaban J connectivity index is 2.44. The number of aliphatic hydroxyl groups is 5.